The zero-order valence-corrected chi connectivity index (χ0v) is 22.3. The van der Waals surface area contributed by atoms with Crippen molar-refractivity contribution in [2.45, 2.75) is 25.7 Å². The Kier molecular flexibility index (Phi) is 6.77. The molecule has 4 heterocycles. The predicted molar refractivity (Wildman–Crippen MR) is 150 cm³/mol. The van der Waals surface area contributed by atoms with Gasteiger partial charge < -0.3 is 15.1 Å². The average molecular weight is 548 g/mol. The van der Waals surface area contributed by atoms with E-state index >= 15 is 0 Å². The molecule has 0 radical (unpaired) electrons. The second-order valence-corrected chi connectivity index (χ2v) is 10.7. The van der Waals surface area contributed by atoms with E-state index in [4.69, 9.17) is 21.6 Å². The van der Waals surface area contributed by atoms with Crippen LogP contribution in [0, 0.1) is 6.92 Å². The molecule has 3 aromatic heterocycles. The Hall–Kier alpha value is -3.83. The molecule has 4 aromatic rings. The van der Waals surface area contributed by atoms with Crippen molar-refractivity contribution in [3.8, 4) is 0 Å². The van der Waals surface area contributed by atoms with Gasteiger partial charge in [-0.15, -0.1) is 0 Å². The largest absolute Gasteiger partial charge is 0.368 e. The van der Waals surface area contributed by atoms with E-state index in [0.29, 0.717) is 38.5 Å². The molecule has 0 spiro atoms. The van der Waals surface area contributed by atoms with Crippen LogP contribution in [-0.4, -0.2) is 57.0 Å². The van der Waals surface area contributed by atoms with Crippen LogP contribution in [-0.2, 0) is 0 Å². The molecule has 0 atom stereocenters. The third-order valence-electron chi connectivity index (χ3n) is 6.58. The molecule has 2 N–H and O–H groups in total. The number of carbonyl (C=O) groups excluding carboxylic acids is 1. The van der Waals surface area contributed by atoms with Gasteiger partial charge in [0.2, 0.25) is 11.9 Å². The van der Waals surface area contributed by atoms with Crippen molar-refractivity contribution in [3.63, 3.8) is 0 Å². The highest BCUT2D eigenvalue weighted by Crippen LogP contribution is 2.39. The maximum absolute atomic E-state index is 12.8. The van der Waals surface area contributed by atoms with E-state index in [1.165, 1.54) is 23.2 Å². The molecule has 1 aliphatic carbocycles. The molecule has 0 bridgehead atoms. The third kappa shape index (κ3) is 5.39. The standard InChI is InChI=1S/C26H26ClN9OS/c1-16-3-2-4-19(27)21(16)30-23(37)20-15-29-26(38-20)34-24-31-22(17-5-6-17)32-25(33-24)36-13-11-35(12-14-36)18-7-9-28-10-8-18/h2-4,7-10,15,17H,5-6,11-14H2,1H3,(H,30,37)(H,29,31,32,33,34). The number of anilines is 5. The fourth-order valence-electron chi connectivity index (χ4n) is 4.32. The predicted octanol–water partition coefficient (Wildman–Crippen LogP) is 4.88. The number of piperazine rings is 1. The summed E-state index contributed by atoms with van der Waals surface area (Å²) >= 11 is 7.50. The van der Waals surface area contributed by atoms with Gasteiger partial charge in [-0.25, -0.2) is 4.98 Å². The molecule has 1 saturated heterocycles. The van der Waals surface area contributed by atoms with Crippen molar-refractivity contribution in [1.29, 1.82) is 0 Å². The summed E-state index contributed by atoms with van der Waals surface area (Å²) in [6.45, 7) is 5.24. The highest BCUT2D eigenvalue weighted by molar-refractivity contribution is 7.17. The first-order valence-corrected chi connectivity index (χ1v) is 13.7. The molecule has 2 fully saturated rings. The van der Waals surface area contributed by atoms with Crippen LogP contribution in [0.3, 0.4) is 0 Å². The van der Waals surface area contributed by atoms with Gasteiger partial charge in [0.15, 0.2) is 5.13 Å². The van der Waals surface area contributed by atoms with Crippen LogP contribution in [0.2, 0.25) is 5.02 Å². The fraction of sp³-hybridized carbons (Fsp3) is 0.308. The zero-order valence-electron chi connectivity index (χ0n) is 20.8. The van der Waals surface area contributed by atoms with Gasteiger partial charge in [-0.2, -0.15) is 15.0 Å². The number of hydrogen-bond acceptors (Lipinski definition) is 10. The summed E-state index contributed by atoms with van der Waals surface area (Å²) in [6.07, 6.45) is 7.35. The van der Waals surface area contributed by atoms with Gasteiger partial charge in [-0.3, -0.25) is 15.1 Å². The van der Waals surface area contributed by atoms with Crippen LogP contribution in [0.1, 0.15) is 39.8 Å². The number of pyridine rings is 1. The Bertz CT molecular complexity index is 1430. The van der Waals surface area contributed by atoms with Gasteiger partial charge in [-0.05, 0) is 43.5 Å². The molecular formula is C26H26ClN9OS. The number of amides is 1. The quantitative estimate of drug-likeness (QED) is 0.334. The minimum Gasteiger partial charge on any atom is -0.368 e. The van der Waals surface area contributed by atoms with Crippen molar-refractivity contribution >= 4 is 57.2 Å². The van der Waals surface area contributed by atoms with Crippen LogP contribution >= 0.6 is 22.9 Å². The van der Waals surface area contributed by atoms with E-state index < -0.39 is 0 Å². The molecule has 6 rings (SSSR count). The molecule has 2 aliphatic rings. The number of benzene rings is 1. The SMILES string of the molecule is Cc1cccc(Cl)c1NC(=O)c1cnc(Nc2nc(C3CC3)nc(N3CCN(c4ccncc4)CC3)n2)s1. The minimum atomic E-state index is -0.270. The van der Waals surface area contributed by atoms with Crippen LogP contribution < -0.4 is 20.4 Å². The molecule has 0 unspecified atom stereocenters. The van der Waals surface area contributed by atoms with Crippen molar-refractivity contribution < 1.29 is 4.79 Å². The Morgan fingerprint density at radius 1 is 1.03 bits per heavy atom. The first-order chi connectivity index (χ1) is 18.5. The smallest absolute Gasteiger partial charge is 0.267 e. The van der Waals surface area contributed by atoms with Crippen LogP contribution in [0.4, 0.5) is 28.4 Å². The van der Waals surface area contributed by atoms with E-state index in [9.17, 15) is 4.79 Å². The lowest BCUT2D eigenvalue weighted by Gasteiger charge is -2.36. The Morgan fingerprint density at radius 3 is 2.53 bits per heavy atom. The first kappa shape index (κ1) is 24.5. The van der Waals surface area contributed by atoms with E-state index in [2.05, 4.69) is 35.4 Å². The lowest BCUT2D eigenvalue weighted by molar-refractivity contribution is 0.103. The van der Waals surface area contributed by atoms with Crippen molar-refractivity contribution in [2.24, 2.45) is 0 Å². The molecule has 194 valence electrons. The summed E-state index contributed by atoms with van der Waals surface area (Å²) in [5.74, 6) is 2.01. The van der Waals surface area contributed by atoms with Crippen molar-refractivity contribution in [3.05, 3.63) is 70.2 Å². The van der Waals surface area contributed by atoms with E-state index in [0.717, 1.165) is 50.4 Å². The Labute approximate surface area is 229 Å². The molecular weight excluding hydrogens is 522 g/mol. The number of para-hydroxylation sites is 1. The number of hydrogen-bond donors (Lipinski definition) is 2. The van der Waals surface area contributed by atoms with Gasteiger partial charge >= 0.3 is 0 Å². The van der Waals surface area contributed by atoms with Gasteiger partial charge in [0.25, 0.3) is 5.91 Å². The second kappa shape index (κ2) is 10.5. The number of carbonyl (C=O) groups is 1. The maximum atomic E-state index is 12.8. The van der Waals surface area contributed by atoms with Crippen LogP contribution in [0.15, 0.2) is 48.9 Å². The molecule has 1 aliphatic heterocycles. The molecule has 10 nitrogen and oxygen atoms in total. The fourth-order valence-corrected chi connectivity index (χ4v) is 5.29. The third-order valence-corrected chi connectivity index (χ3v) is 7.81. The van der Waals surface area contributed by atoms with E-state index in [1.807, 2.05) is 43.6 Å². The number of aromatic nitrogens is 5. The van der Waals surface area contributed by atoms with Crippen LogP contribution in [0.5, 0.6) is 0 Å². The summed E-state index contributed by atoms with van der Waals surface area (Å²) in [5.41, 5.74) is 2.66. The summed E-state index contributed by atoms with van der Waals surface area (Å²) < 4.78 is 0. The topological polar surface area (TPSA) is 112 Å². The van der Waals surface area contributed by atoms with Crippen molar-refractivity contribution in [1.82, 2.24) is 24.9 Å². The number of thiazole rings is 1. The van der Waals surface area contributed by atoms with E-state index in [-0.39, 0.29) is 5.91 Å². The Morgan fingerprint density at radius 2 is 1.79 bits per heavy atom. The van der Waals surface area contributed by atoms with Gasteiger partial charge in [0, 0.05) is 50.2 Å². The summed E-state index contributed by atoms with van der Waals surface area (Å²) in [7, 11) is 0. The number of nitrogens with one attached hydrogen (secondary N) is 2. The lowest BCUT2D eigenvalue weighted by atomic mass is 10.2. The zero-order chi connectivity index (χ0) is 26.1. The number of nitrogens with zero attached hydrogens (tertiary/aromatic N) is 7. The number of aryl methyl sites for hydroxylation is 1. The molecule has 12 heteroatoms. The summed E-state index contributed by atoms with van der Waals surface area (Å²) in [6, 6.07) is 9.56. The normalized spacial score (nSPS) is 15.4. The first-order valence-electron chi connectivity index (χ1n) is 12.5. The van der Waals surface area contributed by atoms with Crippen molar-refractivity contribution in [2.75, 3.05) is 46.6 Å². The number of halogens is 1. The maximum Gasteiger partial charge on any atom is 0.267 e. The molecule has 1 aromatic carbocycles. The van der Waals surface area contributed by atoms with Crippen LogP contribution in [0.25, 0.3) is 0 Å². The summed E-state index contributed by atoms with van der Waals surface area (Å²) in [4.78, 5) is 40.5. The van der Waals surface area contributed by atoms with Gasteiger partial charge in [-0.1, -0.05) is 35.1 Å². The highest BCUT2D eigenvalue weighted by atomic mass is 35.5. The average Bonchev–Trinajstić information content (AvgIpc) is 3.70. The highest BCUT2D eigenvalue weighted by Gasteiger charge is 2.29. The van der Waals surface area contributed by atoms with Gasteiger partial charge in [0.1, 0.15) is 10.7 Å². The number of rotatable bonds is 7. The molecule has 1 amide bonds. The molecule has 38 heavy (non-hydrogen) atoms. The summed E-state index contributed by atoms with van der Waals surface area (Å²) in [5, 5.41) is 7.11. The Balaban J connectivity index is 1.16. The molecule has 1 saturated carbocycles. The van der Waals surface area contributed by atoms with Gasteiger partial charge in [0.05, 0.1) is 16.9 Å². The lowest BCUT2D eigenvalue weighted by Crippen LogP contribution is -2.47. The van der Waals surface area contributed by atoms with E-state index in [1.54, 1.807) is 6.07 Å². The monoisotopic (exact) mass is 547 g/mol. The minimum absolute atomic E-state index is 0.270. The second-order valence-electron chi connectivity index (χ2n) is 9.31.